The molecule has 374 valence electrons. The molecule has 5 aliphatic heterocycles. The molecule has 7 heterocycles. The molecule has 3 aromatic carbocycles. The van der Waals surface area contributed by atoms with E-state index < -0.39 is 47.2 Å². The number of amides is 3. The molecule has 0 spiro atoms. The highest BCUT2D eigenvalue weighted by atomic mass is 127. The first kappa shape index (κ1) is 49.7. The molecule has 5 aromatic rings. The molecule has 2 aromatic heterocycles. The molecule has 0 aliphatic carbocycles. The number of piperazine rings is 1. The van der Waals surface area contributed by atoms with Gasteiger partial charge in [0.05, 0.1) is 50.3 Å². The summed E-state index contributed by atoms with van der Waals surface area (Å²) >= 11 is 1.98. The smallest absolute Gasteiger partial charge is 0.410 e. The van der Waals surface area contributed by atoms with E-state index in [1.807, 2.05) is 76.8 Å². The predicted molar refractivity (Wildman–Crippen MR) is 264 cm³/mol. The third kappa shape index (κ3) is 10.2. The van der Waals surface area contributed by atoms with Gasteiger partial charge < -0.3 is 38.0 Å². The number of benzene rings is 3. The molecular formula is C52H57F2IN8O8. The van der Waals surface area contributed by atoms with Crippen molar-refractivity contribution in [2.24, 2.45) is 0 Å². The fourth-order valence-corrected chi connectivity index (χ4v) is 10.7. The van der Waals surface area contributed by atoms with Gasteiger partial charge in [-0.2, -0.15) is 0 Å². The van der Waals surface area contributed by atoms with Crippen molar-refractivity contribution in [3.8, 4) is 11.1 Å². The number of carbonyl (C=O) groups excluding carboxylic acids is 5. The van der Waals surface area contributed by atoms with E-state index in [2.05, 4.69) is 14.9 Å². The summed E-state index contributed by atoms with van der Waals surface area (Å²) in [5.74, 6) is -2.78. The number of carbonyl (C=O) groups is 5. The Labute approximate surface area is 424 Å². The quantitative estimate of drug-likeness (QED) is 0.0722. The summed E-state index contributed by atoms with van der Waals surface area (Å²) in [4.78, 5) is 80.7. The first-order valence-electron chi connectivity index (χ1n) is 24.2. The molecule has 2 atom stereocenters. The maximum atomic E-state index is 15.6. The van der Waals surface area contributed by atoms with Crippen LogP contribution in [0.2, 0.25) is 0 Å². The van der Waals surface area contributed by atoms with Gasteiger partial charge in [0.15, 0.2) is 12.1 Å². The van der Waals surface area contributed by atoms with E-state index in [0.29, 0.717) is 44.7 Å². The fourth-order valence-electron chi connectivity index (χ4n) is 10.1. The number of hydrogen-bond acceptors (Lipinski definition) is 11. The van der Waals surface area contributed by atoms with Crippen molar-refractivity contribution in [2.75, 3.05) is 39.4 Å². The number of imidazole rings is 2. The molecule has 19 heteroatoms. The number of ether oxygens (including phenoxy) is 3. The topological polar surface area (TPSA) is 162 Å². The summed E-state index contributed by atoms with van der Waals surface area (Å²) in [6, 6.07) is 12.1. The number of aromatic nitrogens is 4. The zero-order valence-corrected chi connectivity index (χ0v) is 42.7. The zero-order valence-electron chi connectivity index (χ0n) is 40.5. The second-order valence-corrected chi connectivity index (χ2v) is 20.5. The van der Waals surface area contributed by atoms with Crippen molar-refractivity contribution in [1.82, 2.24) is 38.7 Å². The third-order valence-corrected chi connectivity index (χ3v) is 14.1. The van der Waals surface area contributed by atoms with Crippen LogP contribution in [0, 0.1) is 15.2 Å². The average Bonchev–Trinajstić information content (AvgIpc) is 4.20. The van der Waals surface area contributed by atoms with Crippen LogP contribution in [0.15, 0.2) is 61.2 Å². The fraction of sp³-hybridized carbons (Fsp3) is 0.442. The lowest BCUT2D eigenvalue weighted by atomic mass is 9.99. The summed E-state index contributed by atoms with van der Waals surface area (Å²) < 4.78 is 50.6. The van der Waals surface area contributed by atoms with Gasteiger partial charge in [-0.15, -0.1) is 0 Å². The summed E-state index contributed by atoms with van der Waals surface area (Å²) in [6.45, 7) is 14.5. The molecule has 71 heavy (non-hydrogen) atoms. The highest BCUT2D eigenvalue weighted by Gasteiger charge is 2.44. The Morgan fingerprint density at radius 1 is 0.690 bits per heavy atom. The number of esters is 2. The first-order valence-corrected chi connectivity index (χ1v) is 25.2. The van der Waals surface area contributed by atoms with Crippen LogP contribution in [0.25, 0.3) is 11.1 Å². The van der Waals surface area contributed by atoms with Crippen molar-refractivity contribution in [1.29, 1.82) is 0 Å². The second kappa shape index (κ2) is 20.5. The van der Waals surface area contributed by atoms with Crippen LogP contribution in [-0.4, -0.2) is 114 Å². The molecule has 1 saturated heterocycles. The first-order chi connectivity index (χ1) is 34.0. The highest BCUT2D eigenvalue weighted by Crippen LogP contribution is 2.39. The molecule has 16 nitrogen and oxygen atoms in total. The van der Waals surface area contributed by atoms with Gasteiger partial charge in [-0.3, -0.25) is 14.5 Å². The van der Waals surface area contributed by atoms with E-state index in [1.165, 1.54) is 21.9 Å². The van der Waals surface area contributed by atoms with Crippen LogP contribution in [0.4, 0.5) is 13.6 Å². The molecule has 10 rings (SSSR count). The molecule has 3 amide bonds. The van der Waals surface area contributed by atoms with Crippen LogP contribution in [0.1, 0.15) is 120 Å². The molecule has 0 saturated carbocycles. The minimum atomic E-state index is -1.03. The van der Waals surface area contributed by atoms with Crippen molar-refractivity contribution in [2.45, 2.75) is 111 Å². The Hall–Kier alpha value is -6.22. The monoisotopic (exact) mass is 1090 g/mol. The minimum Gasteiger partial charge on any atom is -0.464 e. The van der Waals surface area contributed by atoms with Crippen LogP contribution in [-0.2, 0) is 69.4 Å². The van der Waals surface area contributed by atoms with E-state index in [1.54, 1.807) is 43.5 Å². The number of rotatable bonds is 11. The normalized spacial score (nSPS) is 17.0. The maximum absolute atomic E-state index is 15.6. The Morgan fingerprint density at radius 2 is 1.20 bits per heavy atom. The van der Waals surface area contributed by atoms with E-state index in [0.717, 1.165) is 80.9 Å². The van der Waals surface area contributed by atoms with Gasteiger partial charge in [0.25, 0.3) is 11.8 Å². The molecule has 0 N–H and O–H groups in total. The van der Waals surface area contributed by atoms with Crippen molar-refractivity contribution >= 4 is 52.4 Å². The van der Waals surface area contributed by atoms with Gasteiger partial charge in [0, 0.05) is 83.0 Å². The van der Waals surface area contributed by atoms with E-state index in [-0.39, 0.29) is 49.4 Å². The van der Waals surface area contributed by atoms with Gasteiger partial charge in [0.1, 0.15) is 17.2 Å². The lowest BCUT2D eigenvalue weighted by Gasteiger charge is -2.35. The summed E-state index contributed by atoms with van der Waals surface area (Å²) in [5.41, 5.74) is 6.02. The third-order valence-electron chi connectivity index (χ3n) is 13.5. The van der Waals surface area contributed by atoms with Crippen molar-refractivity contribution in [3.63, 3.8) is 0 Å². The molecule has 5 aliphatic rings. The number of halogens is 3. The maximum Gasteiger partial charge on any atom is 0.410 e. The van der Waals surface area contributed by atoms with Crippen LogP contribution < -0.4 is 0 Å². The van der Waals surface area contributed by atoms with Gasteiger partial charge in [-0.1, -0.05) is 24.3 Å². The molecule has 2 unspecified atom stereocenters. The SMILES string of the molecule is CCOC(=O)C(c1ncn2c1CCC2)N1Cc2c(F)cc(-c3ccc(CN4CCN(C(=O)OC(C)(C)C)CC4)cc3)cc2C1=O.CCOC(=O)C(c1ncn2c1CCC2)N1Cc2c(F)cc(I)cc2C1=O. The largest absolute Gasteiger partial charge is 0.464 e. The van der Waals surface area contributed by atoms with Crippen molar-refractivity contribution < 1.29 is 47.0 Å². The molecular weight excluding hydrogens is 1030 g/mol. The molecule has 0 bridgehead atoms. The summed E-state index contributed by atoms with van der Waals surface area (Å²) in [6.07, 6.45) is 6.59. The minimum absolute atomic E-state index is 0.0316. The lowest BCUT2D eigenvalue weighted by molar-refractivity contribution is -0.150. The molecule has 1 fully saturated rings. The Balaban J connectivity index is 0.000000203. The van der Waals surface area contributed by atoms with E-state index in [9.17, 15) is 28.4 Å². The summed E-state index contributed by atoms with van der Waals surface area (Å²) in [7, 11) is 0. The van der Waals surface area contributed by atoms with Gasteiger partial charge >= 0.3 is 18.0 Å². The Morgan fingerprint density at radius 3 is 1.70 bits per heavy atom. The second-order valence-electron chi connectivity index (χ2n) is 19.3. The van der Waals surface area contributed by atoms with Gasteiger partial charge in [-0.05, 0) is 124 Å². The van der Waals surface area contributed by atoms with Gasteiger partial charge in [0.2, 0.25) is 0 Å². The number of aryl methyl sites for hydroxylation is 2. The van der Waals surface area contributed by atoms with Crippen LogP contribution in [0.5, 0.6) is 0 Å². The standard InChI is InChI=1S/C34H40FN5O5.C18H17FIN3O3/c1-5-44-32(42)30(29-28-7-6-12-39(28)21-36-29)40-20-26-25(31(40)41)17-24(18-27(26)35)23-10-8-22(9-11-23)19-37-13-15-38(16-14-37)33(43)45-34(2,3)4;1-2-26-18(25)16(15-14-4-3-5-22(14)9-21-15)23-8-12-11(17(23)24)6-10(20)7-13(12)19/h8-11,17-18,21,30H,5-7,12-16,19-20H2,1-4H3;6-7,9,16H,2-5,8H2,1H3. The van der Waals surface area contributed by atoms with E-state index >= 15 is 4.39 Å². The summed E-state index contributed by atoms with van der Waals surface area (Å²) in [5, 5.41) is 0. The van der Waals surface area contributed by atoms with Crippen molar-refractivity contribution in [3.05, 3.63) is 127 Å². The lowest BCUT2D eigenvalue weighted by Crippen LogP contribution is -2.49. The number of fused-ring (bicyclic) bond motifs is 4. The predicted octanol–water partition coefficient (Wildman–Crippen LogP) is 7.78. The van der Waals surface area contributed by atoms with Gasteiger partial charge in [-0.25, -0.2) is 33.1 Å². The number of nitrogens with zero attached hydrogens (tertiary/aromatic N) is 8. The zero-order chi connectivity index (χ0) is 50.3. The van der Waals surface area contributed by atoms with E-state index in [4.69, 9.17) is 14.2 Å². The average molecular weight is 1090 g/mol. The van der Waals surface area contributed by atoms with Crippen LogP contribution >= 0.6 is 22.6 Å². The molecule has 0 radical (unpaired) electrons. The Bertz CT molecular complexity index is 2890. The van der Waals surface area contributed by atoms with Crippen LogP contribution in [0.3, 0.4) is 0 Å². The highest BCUT2D eigenvalue weighted by molar-refractivity contribution is 14.1. The number of hydrogen-bond donors (Lipinski definition) is 0. The Kier molecular flexibility index (Phi) is 14.4.